The van der Waals surface area contributed by atoms with Crippen molar-refractivity contribution in [3.05, 3.63) is 53.8 Å². The Balaban J connectivity index is 0.000000414. The second kappa shape index (κ2) is 12.7. The Morgan fingerprint density at radius 3 is 2.46 bits per heavy atom. The maximum atomic E-state index is 12.7. The summed E-state index contributed by atoms with van der Waals surface area (Å²) >= 11 is 0. The predicted octanol–water partition coefficient (Wildman–Crippen LogP) is 3.77. The average molecular weight is 513 g/mol. The van der Waals surface area contributed by atoms with Gasteiger partial charge in [-0.2, -0.15) is 0 Å². The van der Waals surface area contributed by atoms with E-state index < -0.39 is 11.9 Å². The van der Waals surface area contributed by atoms with Crippen LogP contribution in [-0.2, 0) is 30.3 Å². The van der Waals surface area contributed by atoms with E-state index in [1.165, 1.54) is 27.6 Å². The van der Waals surface area contributed by atoms with Crippen molar-refractivity contribution in [1.29, 1.82) is 0 Å². The molecule has 0 amide bonds. The van der Waals surface area contributed by atoms with Crippen molar-refractivity contribution in [3.8, 4) is 0 Å². The van der Waals surface area contributed by atoms with Crippen LogP contribution in [0.3, 0.4) is 0 Å². The number of aliphatic carboxylic acids is 2. The number of likely N-dealkylation sites (N-methyl/N-ethyl adjacent to an activating group) is 1. The van der Waals surface area contributed by atoms with E-state index in [4.69, 9.17) is 19.7 Å². The number of fused-ring (bicyclic) bond motifs is 2. The fourth-order valence-electron chi connectivity index (χ4n) is 4.89. The number of rotatable bonds is 9. The topological polar surface area (TPSA) is 118 Å². The lowest BCUT2D eigenvalue weighted by atomic mass is 9.80. The van der Waals surface area contributed by atoms with Crippen LogP contribution in [0.25, 0.3) is 16.5 Å². The van der Waals surface area contributed by atoms with Crippen LogP contribution >= 0.6 is 0 Å². The summed E-state index contributed by atoms with van der Waals surface area (Å²) in [5.41, 5.74) is 5.24. The Morgan fingerprint density at radius 1 is 1.14 bits per heavy atom. The van der Waals surface area contributed by atoms with Crippen molar-refractivity contribution in [2.24, 2.45) is 5.92 Å². The number of aromatic nitrogens is 1. The van der Waals surface area contributed by atoms with Gasteiger partial charge in [-0.25, -0.2) is 9.59 Å². The Bertz CT molecular complexity index is 1180. The second-order valence-electron chi connectivity index (χ2n) is 9.47. The number of hydrogen-bond donors (Lipinski definition) is 2. The molecule has 1 aromatic heterocycles. The predicted molar refractivity (Wildman–Crippen MR) is 140 cm³/mol. The van der Waals surface area contributed by atoms with Crippen LogP contribution in [0.2, 0.25) is 0 Å². The molecule has 1 aromatic carbocycles. The zero-order valence-corrected chi connectivity index (χ0v) is 21.8. The second-order valence-corrected chi connectivity index (χ2v) is 9.47. The minimum Gasteiger partial charge on any atom is -0.478 e. The molecule has 9 nitrogen and oxygen atoms in total. The summed E-state index contributed by atoms with van der Waals surface area (Å²) in [5, 5.41) is 17.0. The van der Waals surface area contributed by atoms with Crippen molar-refractivity contribution < 1.29 is 34.1 Å². The Labute approximate surface area is 217 Å². The average Bonchev–Trinajstić information content (AvgIpc) is 3.23. The molecule has 2 aliphatic rings. The van der Waals surface area contributed by atoms with Gasteiger partial charge in [0.05, 0.1) is 12.5 Å². The number of hydrogen-bond acceptors (Lipinski definition) is 6. The van der Waals surface area contributed by atoms with E-state index in [1.54, 1.807) is 0 Å². The van der Waals surface area contributed by atoms with E-state index in [-0.39, 0.29) is 11.9 Å². The quantitative estimate of drug-likeness (QED) is 0.296. The van der Waals surface area contributed by atoms with E-state index in [0.717, 1.165) is 12.8 Å². The van der Waals surface area contributed by atoms with Crippen molar-refractivity contribution in [1.82, 2.24) is 9.47 Å². The van der Waals surface area contributed by atoms with Gasteiger partial charge >= 0.3 is 17.9 Å². The maximum absolute atomic E-state index is 12.7. The van der Waals surface area contributed by atoms with Crippen LogP contribution < -0.4 is 0 Å². The lowest BCUT2D eigenvalue weighted by Gasteiger charge is -2.39. The van der Waals surface area contributed by atoms with E-state index in [9.17, 15) is 14.4 Å². The first kappa shape index (κ1) is 28.1. The molecule has 1 aliphatic carbocycles. The van der Waals surface area contributed by atoms with Gasteiger partial charge in [0.25, 0.3) is 0 Å². The summed E-state index contributed by atoms with van der Waals surface area (Å²) in [6.07, 6.45) is 7.34. The molecule has 37 heavy (non-hydrogen) atoms. The van der Waals surface area contributed by atoms with Gasteiger partial charge in [-0.15, -0.1) is 0 Å². The molecule has 0 saturated carbocycles. The maximum Gasteiger partial charge on any atom is 0.328 e. The van der Waals surface area contributed by atoms with E-state index in [2.05, 4.69) is 60.8 Å². The number of carboxylic acid groups (broad SMARTS) is 2. The molecule has 200 valence electrons. The number of benzene rings is 1. The number of carbonyl (C=O) groups is 3. The molecule has 0 unspecified atom stereocenters. The largest absolute Gasteiger partial charge is 0.478 e. The number of carbonyl (C=O) groups excluding carboxylic acids is 1. The van der Waals surface area contributed by atoms with Crippen LogP contribution in [0.5, 0.6) is 0 Å². The van der Waals surface area contributed by atoms with Gasteiger partial charge in [0.15, 0.2) is 0 Å². The van der Waals surface area contributed by atoms with Crippen LogP contribution in [0.15, 0.2) is 42.6 Å². The van der Waals surface area contributed by atoms with Gasteiger partial charge in [0, 0.05) is 67.5 Å². The summed E-state index contributed by atoms with van der Waals surface area (Å²) in [7, 11) is 2.12. The van der Waals surface area contributed by atoms with Gasteiger partial charge < -0.3 is 24.3 Å². The van der Waals surface area contributed by atoms with Crippen LogP contribution in [0, 0.1) is 5.92 Å². The van der Waals surface area contributed by atoms with Crippen LogP contribution in [0.4, 0.5) is 0 Å². The smallest absolute Gasteiger partial charge is 0.328 e. The minimum absolute atomic E-state index is 0.128. The molecular weight excluding hydrogens is 476 g/mol. The third-order valence-corrected chi connectivity index (χ3v) is 6.53. The molecule has 9 heteroatoms. The number of ether oxygens (including phenoxy) is 2. The highest BCUT2D eigenvalue weighted by Gasteiger charge is 2.36. The molecule has 2 heterocycles. The SMILES string of the molecule is CCOCCCOC(=O)[C@@H]1C=C2c3cccc4c3c(cn4C(C)C)C[C@H]2N(C)C1.O=C(O)/C=C\C(=O)O. The Morgan fingerprint density at radius 2 is 1.84 bits per heavy atom. The normalized spacial score (nSPS) is 18.8. The third kappa shape index (κ3) is 6.87. The molecule has 2 aromatic rings. The summed E-state index contributed by atoms with van der Waals surface area (Å²) in [4.78, 5) is 34.1. The molecule has 0 radical (unpaired) electrons. The monoisotopic (exact) mass is 512 g/mol. The highest BCUT2D eigenvalue weighted by Crippen LogP contribution is 2.42. The third-order valence-electron chi connectivity index (χ3n) is 6.53. The molecule has 2 N–H and O–H groups in total. The van der Waals surface area contributed by atoms with Gasteiger partial charge in [-0.3, -0.25) is 9.69 Å². The molecule has 2 atom stereocenters. The summed E-state index contributed by atoms with van der Waals surface area (Å²) < 4.78 is 13.2. The van der Waals surface area contributed by atoms with Gasteiger partial charge in [-0.1, -0.05) is 18.2 Å². The highest BCUT2D eigenvalue weighted by molar-refractivity contribution is 5.99. The van der Waals surface area contributed by atoms with Gasteiger partial charge in [0.1, 0.15) is 0 Å². The highest BCUT2D eigenvalue weighted by atomic mass is 16.5. The Hall–Kier alpha value is -3.43. The first-order chi connectivity index (χ1) is 17.6. The van der Waals surface area contributed by atoms with E-state index >= 15 is 0 Å². The number of esters is 1. The molecule has 0 saturated heterocycles. The lowest BCUT2D eigenvalue weighted by Crippen LogP contribution is -2.44. The van der Waals surface area contributed by atoms with Crippen LogP contribution in [-0.4, -0.2) is 77.0 Å². The molecule has 1 aliphatic heterocycles. The van der Waals surface area contributed by atoms with Gasteiger partial charge in [-0.05, 0) is 57.0 Å². The summed E-state index contributed by atoms with van der Waals surface area (Å²) in [6.45, 7) is 8.87. The first-order valence-corrected chi connectivity index (χ1v) is 12.6. The van der Waals surface area contributed by atoms with Crippen molar-refractivity contribution in [3.63, 3.8) is 0 Å². The van der Waals surface area contributed by atoms with E-state index in [0.29, 0.717) is 50.6 Å². The lowest BCUT2D eigenvalue weighted by molar-refractivity contribution is -0.148. The molecule has 4 rings (SSSR count). The van der Waals surface area contributed by atoms with Crippen LogP contribution in [0.1, 0.15) is 44.4 Å². The molecule has 0 fully saturated rings. The fourth-order valence-corrected chi connectivity index (χ4v) is 4.89. The zero-order valence-electron chi connectivity index (χ0n) is 21.8. The van der Waals surface area contributed by atoms with Gasteiger partial charge in [0.2, 0.25) is 0 Å². The van der Waals surface area contributed by atoms with E-state index in [1.807, 2.05) is 6.92 Å². The fraction of sp³-hybridized carbons (Fsp3) is 0.464. The standard InChI is InChI=1S/C24H32N2O3.C4H4O4/c1-5-28-10-7-11-29-24(27)18-12-20-19-8-6-9-21-23(19)17(15-26(21)16(2)3)13-22(20)25(4)14-18;5-3(6)1-2-4(7)8/h6,8-9,12,15-16,18,22H,5,7,10-11,13-14H2,1-4H3;1-2H,(H,5,6)(H,7,8)/b;2-1-/t18-,22-;/m1./s1. The minimum atomic E-state index is -1.26. The molecular formula is C28H36N2O7. The Kier molecular flexibility index (Phi) is 9.66. The first-order valence-electron chi connectivity index (χ1n) is 12.6. The summed E-state index contributed by atoms with van der Waals surface area (Å²) in [5.74, 6) is -2.86. The zero-order chi connectivity index (χ0) is 27.1. The molecule has 0 bridgehead atoms. The van der Waals surface area contributed by atoms with Crippen molar-refractivity contribution in [2.75, 3.05) is 33.4 Å². The number of nitrogens with zero attached hydrogens (tertiary/aromatic N) is 2. The number of carboxylic acids is 2. The van der Waals surface area contributed by atoms with Crippen molar-refractivity contribution in [2.45, 2.75) is 45.7 Å². The molecule has 0 spiro atoms. The summed E-state index contributed by atoms with van der Waals surface area (Å²) in [6, 6.07) is 7.29. The van der Waals surface area contributed by atoms with Crippen molar-refractivity contribution >= 4 is 34.4 Å².